The van der Waals surface area contributed by atoms with Crippen molar-refractivity contribution < 1.29 is 50.7 Å². The molecule has 2 N–H and O–H groups in total. The molecule has 9 nitrogen and oxygen atoms in total. The second-order valence-electron chi connectivity index (χ2n) is 7.55. The summed E-state index contributed by atoms with van der Waals surface area (Å²) in [5, 5.41) is 5.21. The van der Waals surface area contributed by atoms with Crippen molar-refractivity contribution in [2.45, 2.75) is 37.1 Å². The van der Waals surface area contributed by atoms with Crippen molar-refractivity contribution in [2.75, 3.05) is 6.61 Å². The maximum atomic E-state index is 13.3. The highest BCUT2D eigenvalue weighted by Crippen LogP contribution is 2.96. The minimum absolute atomic E-state index is 0.277. The predicted octanol–water partition coefficient (Wildman–Crippen LogP) is -0.149. The van der Waals surface area contributed by atoms with Gasteiger partial charge in [0, 0.05) is 10.8 Å². The van der Waals surface area contributed by atoms with Crippen LogP contribution in [0.15, 0.2) is 12.2 Å². The van der Waals surface area contributed by atoms with E-state index in [1.165, 1.54) is 6.92 Å². The lowest BCUT2D eigenvalue weighted by Crippen LogP contribution is -2.70. The highest BCUT2D eigenvalue weighted by molar-refractivity contribution is 7.86. The average Bonchev–Trinajstić information content (AvgIpc) is 2.90. The van der Waals surface area contributed by atoms with Crippen molar-refractivity contribution >= 4 is 22.1 Å². The van der Waals surface area contributed by atoms with Crippen LogP contribution in [0.1, 0.15) is 13.3 Å². The number of ether oxygens (including phenoxy) is 3. The fourth-order valence-corrected chi connectivity index (χ4v) is 5.29. The molecule has 150 valence electrons. The molecule has 0 amide bonds. The molecule has 1 spiro atoms. The zero-order chi connectivity index (χ0) is 20.2. The van der Waals surface area contributed by atoms with E-state index in [9.17, 15) is 31.9 Å². The van der Waals surface area contributed by atoms with Crippen molar-refractivity contribution in [3.63, 3.8) is 0 Å². The first kappa shape index (κ1) is 18.7. The Balaban J connectivity index is 1.51. The number of alkyl halides is 2. The van der Waals surface area contributed by atoms with Gasteiger partial charge in [-0.15, -0.1) is 0 Å². The van der Waals surface area contributed by atoms with Crippen LogP contribution in [0.25, 0.3) is 0 Å². The summed E-state index contributed by atoms with van der Waals surface area (Å²) in [5.74, 6) is -3.56. The van der Waals surface area contributed by atoms with Crippen LogP contribution in [0, 0.1) is 22.7 Å². The van der Waals surface area contributed by atoms with Gasteiger partial charge in [0.2, 0.25) is 0 Å². The molecule has 0 aromatic carbocycles. The Bertz CT molecular complexity index is 871. The molecule has 0 bridgehead atoms. The predicted molar refractivity (Wildman–Crippen MR) is 79.5 cm³/mol. The highest BCUT2D eigenvalue weighted by Gasteiger charge is 3.04. The fraction of sp³-hybridized carbons (Fsp3) is 0.733. The van der Waals surface area contributed by atoms with E-state index < -0.39 is 75.1 Å². The van der Waals surface area contributed by atoms with Crippen LogP contribution in [0.5, 0.6) is 0 Å². The molecule has 7 atom stereocenters. The van der Waals surface area contributed by atoms with Crippen molar-refractivity contribution in [1.29, 1.82) is 0 Å². The Hall–Kier alpha value is -1.63. The summed E-state index contributed by atoms with van der Waals surface area (Å²) in [7, 11) is -5.75. The molecule has 1 heterocycles. The maximum absolute atomic E-state index is 13.3. The molecule has 27 heavy (non-hydrogen) atoms. The quantitative estimate of drug-likeness (QED) is 0.254. The zero-order valence-electron chi connectivity index (χ0n) is 13.9. The first-order valence-electron chi connectivity index (χ1n) is 8.02. The van der Waals surface area contributed by atoms with Crippen molar-refractivity contribution in [2.24, 2.45) is 22.7 Å². The number of rotatable bonds is 7. The Labute approximate surface area is 152 Å². The van der Waals surface area contributed by atoms with Gasteiger partial charge in [0.15, 0.2) is 12.9 Å². The number of aliphatic hydroxyl groups excluding tert-OH is 1. The maximum Gasteiger partial charge on any atom is 0.402 e. The molecule has 0 aromatic heterocycles. The van der Waals surface area contributed by atoms with E-state index in [1.54, 1.807) is 0 Å². The standard InChI is InChI=1S/C15H16F2O9S/c1-5(2)10(18)25-9-7-12(20)26-8-6(13(9)3-14(7,8)13)11(19)24-4-15(16,17)27(21,22)23/h6-10,18H,1,3-4H2,2H3,(H,21,22,23). The van der Waals surface area contributed by atoms with E-state index >= 15 is 0 Å². The number of hydrogen-bond donors (Lipinski definition) is 2. The van der Waals surface area contributed by atoms with Crippen molar-refractivity contribution in [1.82, 2.24) is 0 Å². The van der Waals surface area contributed by atoms with Gasteiger partial charge in [-0.2, -0.15) is 17.2 Å². The van der Waals surface area contributed by atoms with Gasteiger partial charge in [-0.05, 0) is 18.9 Å². The third kappa shape index (κ3) is 1.99. The molecule has 12 heteroatoms. The largest absolute Gasteiger partial charge is 0.460 e. The van der Waals surface area contributed by atoms with Gasteiger partial charge in [0.25, 0.3) is 0 Å². The van der Waals surface area contributed by atoms with Crippen LogP contribution in [-0.2, 0) is 33.9 Å². The van der Waals surface area contributed by atoms with Crippen LogP contribution in [-0.4, -0.2) is 60.4 Å². The molecule has 1 aliphatic heterocycles. The number of carbonyl (C=O) groups is 2. The van der Waals surface area contributed by atoms with Crippen LogP contribution in [0.3, 0.4) is 0 Å². The first-order valence-corrected chi connectivity index (χ1v) is 9.46. The molecule has 3 aliphatic carbocycles. The minimum atomic E-state index is -5.75. The molecular weight excluding hydrogens is 394 g/mol. The Morgan fingerprint density at radius 1 is 1.48 bits per heavy atom. The molecular formula is C15H16F2O9S. The number of halogens is 2. The molecule has 4 fully saturated rings. The third-order valence-electron chi connectivity index (χ3n) is 6.27. The number of esters is 2. The summed E-state index contributed by atoms with van der Waals surface area (Å²) in [6, 6.07) is 0. The SMILES string of the molecule is C=C(C)C(O)OC1C2C(=O)OC3C(C(=O)OCC(F)(F)S(=O)(=O)O)C14CC324. The third-order valence-corrected chi connectivity index (χ3v) is 7.14. The number of carbonyl (C=O) groups excluding carboxylic acids is 2. The number of hydrogen-bond acceptors (Lipinski definition) is 8. The van der Waals surface area contributed by atoms with E-state index in [1.807, 2.05) is 0 Å². The van der Waals surface area contributed by atoms with Crippen LogP contribution >= 0.6 is 0 Å². The van der Waals surface area contributed by atoms with E-state index in [-0.39, 0.29) is 5.57 Å². The van der Waals surface area contributed by atoms with Gasteiger partial charge < -0.3 is 19.3 Å². The summed E-state index contributed by atoms with van der Waals surface area (Å²) in [5.41, 5.74) is -1.23. The first-order chi connectivity index (χ1) is 12.3. The molecule has 0 aromatic rings. The van der Waals surface area contributed by atoms with E-state index in [2.05, 4.69) is 11.3 Å². The van der Waals surface area contributed by atoms with Gasteiger partial charge >= 0.3 is 27.3 Å². The Morgan fingerprint density at radius 2 is 2.11 bits per heavy atom. The summed E-state index contributed by atoms with van der Waals surface area (Å²) in [6.07, 6.45) is -2.74. The van der Waals surface area contributed by atoms with E-state index in [0.717, 1.165) is 0 Å². The van der Waals surface area contributed by atoms with E-state index in [0.29, 0.717) is 6.42 Å². The van der Waals surface area contributed by atoms with Crippen LogP contribution < -0.4 is 0 Å². The lowest BCUT2D eigenvalue weighted by atomic mass is 9.46. The zero-order valence-corrected chi connectivity index (χ0v) is 14.7. The van der Waals surface area contributed by atoms with Crippen molar-refractivity contribution in [3.05, 3.63) is 12.2 Å². The van der Waals surface area contributed by atoms with Gasteiger partial charge in [0.1, 0.15) is 12.0 Å². The minimum Gasteiger partial charge on any atom is -0.460 e. The Morgan fingerprint density at radius 3 is 2.67 bits per heavy atom. The van der Waals surface area contributed by atoms with E-state index in [4.69, 9.17) is 14.0 Å². The summed E-state index contributed by atoms with van der Waals surface area (Å²) >= 11 is 0. The Kier molecular flexibility index (Phi) is 3.50. The molecule has 4 rings (SSSR count). The lowest BCUT2D eigenvalue weighted by Gasteiger charge is -2.57. The number of aliphatic hydroxyl groups is 1. The molecule has 7 unspecified atom stereocenters. The molecule has 0 radical (unpaired) electrons. The average molecular weight is 410 g/mol. The second kappa shape index (κ2) is 5.04. The summed E-state index contributed by atoms with van der Waals surface area (Å²) < 4.78 is 71.3. The van der Waals surface area contributed by atoms with Crippen LogP contribution in [0.2, 0.25) is 0 Å². The monoisotopic (exact) mass is 410 g/mol. The highest BCUT2D eigenvalue weighted by atomic mass is 32.2. The van der Waals surface area contributed by atoms with Gasteiger partial charge in [-0.25, -0.2) is 0 Å². The molecule has 3 saturated carbocycles. The van der Waals surface area contributed by atoms with Gasteiger partial charge in [-0.3, -0.25) is 14.1 Å². The summed E-state index contributed by atoms with van der Waals surface area (Å²) in [4.78, 5) is 24.4. The normalized spacial score (nSPS) is 42.0. The van der Waals surface area contributed by atoms with Gasteiger partial charge in [-0.1, -0.05) is 6.58 Å². The second-order valence-corrected chi connectivity index (χ2v) is 9.09. The fourth-order valence-electron chi connectivity index (χ4n) is 5.08. The van der Waals surface area contributed by atoms with Gasteiger partial charge in [0.05, 0.1) is 12.0 Å². The molecule has 1 saturated heterocycles. The smallest absolute Gasteiger partial charge is 0.402 e. The van der Waals surface area contributed by atoms with Crippen molar-refractivity contribution in [3.8, 4) is 0 Å². The topological polar surface area (TPSA) is 136 Å². The van der Waals surface area contributed by atoms with Crippen LogP contribution in [0.4, 0.5) is 8.78 Å². The lowest BCUT2D eigenvalue weighted by molar-refractivity contribution is -0.262. The molecule has 4 aliphatic rings. The summed E-state index contributed by atoms with van der Waals surface area (Å²) in [6.45, 7) is 3.16.